The number of carbonyl (C=O) groups is 2. The summed E-state index contributed by atoms with van der Waals surface area (Å²) in [6.45, 7) is 4.32. The Hall–Kier alpha value is -3.31. The first kappa shape index (κ1) is 23.4. The molecule has 3 N–H and O–H groups in total. The van der Waals surface area contributed by atoms with Crippen molar-refractivity contribution >= 4 is 22.3 Å². The van der Waals surface area contributed by atoms with E-state index >= 15 is 0 Å². The Balaban J connectivity index is 1.84. The van der Waals surface area contributed by atoms with Gasteiger partial charge in [0.05, 0.1) is 19.7 Å². The number of hydrogen-bond donors (Lipinski definition) is 3. The van der Waals surface area contributed by atoms with Gasteiger partial charge in [0.1, 0.15) is 5.75 Å². The van der Waals surface area contributed by atoms with E-state index in [-0.39, 0.29) is 6.54 Å². The molecule has 1 atom stereocenters. The molecule has 172 valence electrons. The second-order valence-electron chi connectivity index (χ2n) is 7.55. The fourth-order valence-corrected chi connectivity index (χ4v) is 4.27. The Morgan fingerprint density at radius 1 is 1.16 bits per heavy atom. The smallest absolute Gasteiger partial charge is 0.419 e. The molecule has 32 heavy (non-hydrogen) atoms. The van der Waals surface area contributed by atoms with Gasteiger partial charge in [0.25, 0.3) is 0 Å². The fraction of sp³-hybridized carbons (Fsp3) is 0.333. The summed E-state index contributed by atoms with van der Waals surface area (Å²) >= 11 is 0. The van der Waals surface area contributed by atoms with Crippen LogP contribution in [0.2, 0.25) is 0 Å². The maximum atomic E-state index is 13.1. The molecule has 10 nitrogen and oxygen atoms in total. The predicted octanol–water partition coefficient (Wildman–Crippen LogP) is 2.35. The Kier molecular flexibility index (Phi) is 6.90. The lowest BCUT2D eigenvalue weighted by Gasteiger charge is -2.24. The van der Waals surface area contributed by atoms with Gasteiger partial charge in [-0.05, 0) is 54.7 Å². The first-order valence-electron chi connectivity index (χ1n) is 9.91. The van der Waals surface area contributed by atoms with Crippen molar-refractivity contribution in [3.05, 3.63) is 64.7 Å². The number of ether oxygens (including phenoxy) is 1. The molecule has 0 aliphatic carbocycles. The number of nitrogens with one attached hydrogen (secondary N) is 2. The van der Waals surface area contributed by atoms with E-state index in [0.29, 0.717) is 13.0 Å². The van der Waals surface area contributed by atoms with Crippen molar-refractivity contribution in [2.75, 3.05) is 20.2 Å². The van der Waals surface area contributed by atoms with E-state index in [1.165, 1.54) is 4.72 Å². The van der Waals surface area contributed by atoms with E-state index < -0.39 is 28.4 Å². The second-order valence-corrected chi connectivity index (χ2v) is 8.94. The van der Waals surface area contributed by atoms with Crippen LogP contribution >= 0.6 is 0 Å². The molecule has 0 aromatic heterocycles. The highest BCUT2D eigenvalue weighted by Crippen LogP contribution is 2.30. The molecule has 2 aromatic carbocycles. The Labute approximate surface area is 186 Å². The molecule has 2 aromatic rings. The molecule has 1 fully saturated rings. The third-order valence-electron chi connectivity index (χ3n) is 5.38. The van der Waals surface area contributed by atoms with Gasteiger partial charge in [-0.1, -0.05) is 30.3 Å². The van der Waals surface area contributed by atoms with Crippen molar-refractivity contribution in [3.8, 4) is 5.75 Å². The maximum absolute atomic E-state index is 13.1. The van der Waals surface area contributed by atoms with Crippen LogP contribution in [0.3, 0.4) is 0 Å². The molecule has 3 amide bonds. The van der Waals surface area contributed by atoms with Crippen LogP contribution in [-0.4, -0.2) is 55.8 Å². The van der Waals surface area contributed by atoms with Crippen molar-refractivity contribution in [3.63, 3.8) is 0 Å². The molecule has 0 saturated carbocycles. The van der Waals surface area contributed by atoms with Crippen LogP contribution in [0.4, 0.5) is 9.59 Å². The van der Waals surface area contributed by atoms with Crippen molar-refractivity contribution in [2.45, 2.75) is 26.3 Å². The van der Waals surface area contributed by atoms with Gasteiger partial charge in [-0.25, -0.2) is 19.3 Å². The first-order chi connectivity index (χ1) is 15.1. The molecule has 1 saturated heterocycles. The van der Waals surface area contributed by atoms with Crippen LogP contribution in [0, 0.1) is 13.8 Å². The number of rotatable bonds is 8. The second kappa shape index (κ2) is 9.45. The molecule has 0 bridgehead atoms. The van der Waals surface area contributed by atoms with E-state index in [2.05, 4.69) is 0 Å². The van der Waals surface area contributed by atoms with Crippen molar-refractivity contribution in [1.29, 1.82) is 0 Å². The minimum absolute atomic E-state index is 0.0322. The monoisotopic (exact) mass is 462 g/mol. The highest BCUT2D eigenvalue weighted by atomic mass is 32.2. The summed E-state index contributed by atoms with van der Waals surface area (Å²) in [5.74, 6) is 0.727. The zero-order valence-corrected chi connectivity index (χ0v) is 18.8. The molecule has 1 heterocycles. The number of hydrogen-bond acceptors (Lipinski definition) is 5. The van der Waals surface area contributed by atoms with Crippen molar-refractivity contribution in [1.82, 2.24) is 19.5 Å². The van der Waals surface area contributed by atoms with Gasteiger partial charge >= 0.3 is 22.3 Å². The number of amides is 3. The molecule has 0 spiro atoms. The Morgan fingerprint density at radius 2 is 1.84 bits per heavy atom. The number of carboxylic acid groups (broad SMARTS) is 1. The fourth-order valence-electron chi connectivity index (χ4n) is 3.55. The number of aryl methyl sites for hydroxylation is 2. The number of hydrazine groups is 1. The van der Waals surface area contributed by atoms with Crippen LogP contribution in [0.15, 0.2) is 42.5 Å². The van der Waals surface area contributed by atoms with E-state index in [9.17, 15) is 18.0 Å². The number of urea groups is 1. The number of methoxy groups -OCH3 is 1. The predicted molar refractivity (Wildman–Crippen MR) is 117 cm³/mol. The number of nitrogens with zero attached hydrogens (tertiary/aromatic N) is 2. The van der Waals surface area contributed by atoms with Gasteiger partial charge in [0.2, 0.25) is 0 Å². The quantitative estimate of drug-likeness (QED) is 0.552. The lowest BCUT2D eigenvalue weighted by molar-refractivity contribution is 0.181. The zero-order chi connectivity index (χ0) is 23.5. The molecule has 0 radical (unpaired) electrons. The van der Waals surface area contributed by atoms with E-state index in [4.69, 9.17) is 9.84 Å². The number of benzene rings is 2. The maximum Gasteiger partial charge on any atom is 0.419 e. The number of carbonyl (C=O) groups excluding carboxylic acids is 1. The third kappa shape index (κ3) is 5.48. The SMILES string of the molecule is COc1ccc(CCN2C(=O)N(NS(=O)(=O)NC(=O)O)CC2c2ccc(C)c(C)c2)cc1. The van der Waals surface area contributed by atoms with E-state index in [1.807, 2.05) is 61.1 Å². The van der Waals surface area contributed by atoms with Crippen LogP contribution in [0.5, 0.6) is 5.75 Å². The standard InChI is InChI=1S/C21H26N4O6S/c1-14-4-7-17(12-15(14)2)19-13-25(23-32(29,30)22-20(26)27)21(28)24(19)11-10-16-5-8-18(31-3)9-6-16/h4-9,12,19,22-23H,10-11,13H2,1-3H3,(H,26,27). The van der Waals surface area contributed by atoms with E-state index in [1.54, 1.807) is 12.0 Å². The molecular weight excluding hydrogens is 436 g/mol. The minimum atomic E-state index is -4.45. The molecular formula is C21H26N4O6S. The van der Waals surface area contributed by atoms with Crippen molar-refractivity contribution in [2.24, 2.45) is 0 Å². The first-order valence-corrected chi connectivity index (χ1v) is 11.4. The summed E-state index contributed by atoms with van der Waals surface area (Å²) in [5, 5.41) is 9.64. The summed E-state index contributed by atoms with van der Waals surface area (Å²) in [6, 6.07) is 12.3. The molecule has 1 unspecified atom stereocenters. The average molecular weight is 463 g/mol. The lowest BCUT2D eigenvalue weighted by Crippen LogP contribution is -2.50. The van der Waals surface area contributed by atoms with Gasteiger partial charge in [-0.15, -0.1) is 4.83 Å². The molecule has 1 aliphatic rings. The Morgan fingerprint density at radius 3 is 2.44 bits per heavy atom. The average Bonchev–Trinajstić information content (AvgIpc) is 3.02. The molecule has 1 aliphatic heterocycles. The van der Waals surface area contributed by atoms with E-state index in [0.717, 1.165) is 33.0 Å². The van der Waals surface area contributed by atoms with Crippen LogP contribution in [0.25, 0.3) is 0 Å². The largest absolute Gasteiger partial charge is 0.497 e. The van der Waals surface area contributed by atoms with Gasteiger partial charge in [0, 0.05) is 6.54 Å². The molecule has 11 heteroatoms. The zero-order valence-electron chi connectivity index (χ0n) is 18.0. The highest BCUT2D eigenvalue weighted by molar-refractivity contribution is 7.88. The van der Waals surface area contributed by atoms with Crippen LogP contribution in [-0.2, 0) is 16.6 Å². The summed E-state index contributed by atoms with van der Waals surface area (Å²) in [6.07, 6.45) is -1.20. The van der Waals surface area contributed by atoms with Crippen molar-refractivity contribution < 1.29 is 27.9 Å². The van der Waals surface area contributed by atoms with Gasteiger partial charge < -0.3 is 14.7 Å². The van der Waals surface area contributed by atoms with Gasteiger partial charge in [-0.2, -0.15) is 8.42 Å². The van der Waals surface area contributed by atoms with Crippen LogP contribution < -0.4 is 14.3 Å². The minimum Gasteiger partial charge on any atom is -0.497 e. The topological polar surface area (TPSA) is 128 Å². The third-order valence-corrected chi connectivity index (χ3v) is 6.28. The summed E-state index contributed by atoms with van der Waals surface area (Å²) < 4.78 is 30.5. The normalized spacial score (nSPS) is 16.3. The van der Waals surface area contributed by atoms with Crippen LogP contribution in [0.1, 0.15) is 28.3 Å². The summed E-state index contributed by atoms with van der Waals surface area (Å²) in [5.41, 5.74) is 4.01. The highest BCUT2D eigenvalue weighted by Gasteiger charge is 2.40. The Bertz CT molecular complexity index is 1100. The summed E-state index contributed by atoms with van der Waals surface area (Å²) in [7, 11) is -2.87. The van der Waals surface area contributed by atoms with Gasteiger partial charge in [-0.3, -0.25) is 0 Å². The molecule has 3 rings (SSSR count). The lowest BCUT2D eigenvalue weighted by atomic mass is 10.0. The summed E-state index contributed by atoms with van der Waals surface area (Å²) in [4.78, 5) is 27.4. The van der Waals surface area contributed by atoms with Gasteiger partial charge in [0.15, 0.2) is 0 Å².